The van der Waals surface area contributed by atoms with E-state index in [4.69, 9.17) is 11.6 Å². The van der Waals surface area contributed by atoms with Gasteiger partial charge in [0.15, 0.2) is 0 Å². The van der Waals surface area contributed by atoms with Crippen molar-refractivity contribution in [3.8, 4) is 0 Å². The molecular formula is C13H24ClNO. The smallest absolute Gasteiger partial charge is 0.222 e. The van der Waals surface area contributed by atoms with Crippen molar-refractivity contribution >= 4 is 17.5 Å². The first-order chi connectivity index (χ1) is 7.45. The number of carbonyl (C=O) groups excluding carboxylic acids is 1. The van der Waals surface area contributed by atoms with Crippen LogP contribution in [-0.4, -0.2) is 29.8 Å². The van der Waals surface area contributed by atoms with Crippen LogP contribution in [0.1, 0.15) is 46.5 Å². The molecule has 1 aliphatic heterocycles. The van der Waals surface area contributed by atoms with Gasteiger partial charge in [0.05, 0.1) is 0 Å². The summed E-state index contributed by atoms with van der Waals surface area (Å²) >= 11 is 5.63. The average molecular weight is 246 g/mol. The quantitative estimate of drug-likeness (QED) is 0.538. The second-order valence-electron chi connectivity index (χ2n) is 5.86. The van der Waals surface area contributed by atoms with Crippen LogP contribution in [0, 0.1) is 11.3 Å². The molecule has 1 unspecified atom stereocenters. The van der Waals surface area contributed by atoms with Crippen molar-refractivity contribution in [3.05, 3.63) is 0 Å². The van der Waals surface area contributed by atoms with Crippen LogP contribution in [-0.2, 0) is 4.79 Å². The molecular weight excluding hydrogens is 222 g/mol. The highest BCUT2D eigenvalue weighted by Gasteiger charge is 2.36. The topological polar surface area (TPSA) is 20.3 Å². The molecule has 0 bridgehead atoms. The Bertz CT molecular complexity index is 235. The Kier molecular flexibility index (Phi) is 5.10. The number of carbonyl (C=O) groups is 1. The van der Waals surface area contributed by atoms with Crippen LogP contribution < -0.4 is 0 Å². The van der Waals surface area contributed by atoms with E-state index in [1.165, 1.54) is 0 Å². The molecule has 1 aliphatic rings. The van der Waals surface area contributed by atoms with Crippen LogP contribution in [0.3, 0.4) is 0 Å². The maximum absolute atomic E-state index is 11.8. The van der Waals surface area contributed by atoms with Crippen LogP contribution in [0.15, 0.2) is 0 Å². The van der Waals surface area contributed by atoms with Crippen molar-refractivity contribution in [2.75, 3.05) is 19.0 Å². The fourth-order valence-corrected chi connectivity index (χ4v) is 2.33. The van der Waals surface area contributed by atoms with Crippen LogP contribution in [0.4, 0.5) is 0 Å². The zero-order chi connectivity index (χ0) is 12.2. The summed E-state index contributed by atoms with van der Waals surface area (Å²) in [5.74, 6) is 1.59. The Balaban J connectivity index is 2.31. The zero-order valence-corrected chi connectivity index (χ0v) is 11.5. The summed E-state index contributed by atoms with van der Waals surface area (Å²) in [6.07, 6.45) is 4.02. The van der Waals surface area contributed by atoms with Crippen molar-refractivity contribution in [1.82, 2.24) is 4.90 Å². The molecule has 1 heterocycles. The number of alkyl halides is 1. The normalized spacial score (nSPS) is 21.9. The molecule has 0 spiro atoms. The average Bonchev–Trinajstić information content (AvgIpc) is 2.55. The Morgan fingerprint density at radius 3 is 2.50 bits per heavy atom. The van der Waals surface area contributed by atoms with Gasteiger partial charge in [-0.15, -0.1) is 11.6 Å². The van der Waals surface area contributed by atoms with E-state index in [1.54, 1.807) is 0 Å². The van der Waals surface area contributed by atoms with Gasteiger partial charge >= 0.3 is 0 Å². The Labute approximate surface area is 104 Å². The predicted molar refractivity (Wildman–Crippen MR) is 68.7 cm³/mol. The van der Waals surface area contributed by atoms with Crippen LogP contribution >= 0.6 is 11.6 Å². The maximum Gasteiger partial charge on any atom is 0.222 e. The van der Waals surface area contributed by atoms with Crippen LogP contribution in [0.25, 0.3) is 0 Å². The number of unbranched alkanes of at least 4 members (excludes halogenated alkanes) is 2. The zero-order valence-electron chi connectivity index (χ0n) is 10.8. The van der Waals surface area contributed by atoms with Gasteiger partial charge in [0.25, 0.3) is 0 Å². The molecule has 0 N–H and O–H groups in total. The van der Waals surface area contributed by atoms with Gasteiger partial charge in [0.2, 0.25) is 5.91 Å². The molecule has 0 aromatic carbocycles. The van der Waals surface area contributed by atoms with Gasteiger partial charge < -0.3 is 4.90 Å². The lowest BCUT2D eigenvalue weighted by Crippen LogP contribution is -2.28. The Hall–Kier alpha value is -0.240. The van der Waals surface area contributed by atoms with E-state index >= 15 is 0 Å². The van der Waals surface area contributed by atoms with Gasteiger partial charge in [0.1, 0.15) is 0 Å². The van der Waals surface area contributed by atoms with Crippen molar-refractivity contribution in [2.24, 2.45) is 11.3 Å². The first-order valence-corrected chi connectivity index (χ1v) is 6.82. The second kappa shape index (κ2) is 5.90. The van der Waals surface area contributed by atoms with E-state index < -0.39 is 0 Å². The number of rotatable bonds is 5. The number of hydrogen-bond acceptors (Lipinski definition) is 1. The van der Waals surface area contributed by atoms with E-state index in [0.717, 1.165) is 44.7 Å². The van der Waals surface area contributed by atoms with Crippen LogP contribution in [0.2, 0.25) is 0 Å². The highest BCUT2D eigenvalue weighted by Crippen LogP contribution is 2.34. The van der Waals surface area contributed by atoms with Gasteiger partial charge in [-0.2, -0.15) is 0 Å². The Morgan fingerprint density at radius 1 is 1.31 bits per heavy atom. The Morgan fingerprint density at radius 2 is 2.00 bits per heavy atom. The molecule has 16 heavy (non-hydrogen) atoms. The summed E-state index contributed by atoms with van der Waals surface area (Å²) in [6.45, 7) is 8.54. The number of halogens is 1. The third kappa shape index (κ3) is 3.97. The van der Waals surface area contributed by atoms with Gasteiger partial charge in [-0.3, -0.25) is 4.79 Å². The summed E-state index contributed by atoms with van der Waals surface area (Å²) in [5.41, 5.74) is 0.251. The molecule has 0 radical (unpaired) electrons. The molecule has 1 atom stereocenters. The first kappa shape index (κ1) is 13.8. The molecule has 0 aromatic rings. The second-order valence-corrected chi connectivity index (χ2v) is 6.23. The van der Waals surface area contributed by atoms with E-state index in [0.29, 0.717) is 11.8 Å². The molecule has 94 valence electrons. The molecule has 0 aliphatic carbocycles. The van der Waals surface area contributed by atoms with Gasteiger partial charge in [0, 0.05) is 25.4 Å². The van der Waals surface area contributed by atoms with E-state index in [-0.39, 0.29) is 5.41 Å². The lowest BCUT2D eigenvalue weighted by Gasteiger charge is -2.26. The largest absolute Gasteiger partial charge is 0.342 e. The molecule has 0 saturated carbocycles. The first-order valence-electron chi connectivity index (χ1n) is 6.29. The monoisotopic (exact) mass is 245 g/mol. The summed E-state index contributed by atoms with van der Waals surface area (Å²) in [5, 5.41) is 0. The number of amides is 1. The third-order valence-electron chi connectivity index (χ3n) is 3.50. The molecule has 0 aromatic heterocycles. The summed E-state index contributed by atoms with van der Waals surface area (Å²) < 4.78 is 0. The van der Waals surface area contributed by atoms with E-state index in [1.807, 2.05) is 4.90 Å². The molecule has 1 rings (SSSR count). The van der Waals surface area contributed by atoms with E-state index in [9.17, 15) is 4.79 Å². The van der Waals surface area contributed by atoms with Gasteiger partial charge in [-0.05, 0) is 24.2 Å². The van der Waals surface area contributed by atoms with Crippen molar-refractivity contribution < 1.29 is 4.79 Å². The molecule has 3 heteroatoms. The fourth-order valence-electron chi connectivity index (χ4n) is 2.14. The predicted octanol–water partition coefficient (Wildman–Crippen LogP) is 3.29. The molecule has 1 saturated heterocycles. The number of hydrogen-bond donors (Lipinski definition) is 0. The summed E-state index contributed by atoms with van der Waals surface area (Å²) in [7, 11) is 0. The van der Waals surface area contributed by atoms with Crippen LogP contribution in [0.5, 0.6) is 0 Å². The fraction of sp³-hybridized carbons (Fsp3) is 0.923. The minimum Gasteiger partial charge on any atom is -0.342 e. The lowest BCUT2D eigenvalue weighted by molar-refractivity contribution is -0.127. The minimum atomic E-state index is 0.251. The number of nitrogens with zero attached hydrogens (tertiary/aromatic N) is 1. The highest BCUT2D eigenvalue weighted by molar-refractivity contribution is 6.17. The standard InChI is InChI=1S/C13H24ClNO/c1-13(2,3)11-9-12(16)15(10-11)8-6-4-5-7-14/h11H,4-10H2,1-3H3. The SMILES string of the molecule is CC(C)(C)C1CC(=O)N(CCCCCCl)C1. The van der Waals surface area contributed by atoms with Crippen molar-refractivity contribution in [1.29, 1.82) is 0 Å². The molecule has 1 fully saturated rings. The number of likely N-dealkylation sites (tertiary alicyclic amines) is 1. The molecule has 2 nitrogen and oxygen atoms in total. The van der Waals surface area contributed by atoms with Crippen molar-refractivity contribution in [2.45, 2.75) is 46.5 Å². The van der Waals surface area contributed by atoms with Gasteiger partial charge in [-0.25, -0.2) is 0 Å². The van der Waals surface area contributed by atoms with E-state index in [2.05, 4.69) is 20.8 Å². The summed E-state index contributed by atoms with van der Waals surface area (Å²) in [4.78, 5) is 13.8. The highest BCUT2D eigenvalue weighted by atomic mass is 35.5. The maximum atomic E-state index is 11.8. The summed E-state index contributed by atoms with van der Waals surface area (Å²) in [6, 6.07) is 0. The lowest BCUT2D eigenvalue weighted by atomic mass is 9.80. The van der Waals surface area contributed by atoms with Crippen molar-refractivity contribution in [3.63, 3.8) is 0 Å². The van der Waals surface area contributed by atoms with Gasteiger partial charge in [-0.1, -0.05) is 27.2 Å². The molecule has 1 amide bonds. The minimum absolute atomic E-state index is 0.251. The third-order valence-corrected chi connectivity index (χ3v) is 3.77.